The molecule has 0 unspecified atom stereocenters. The summed E-state index contributed by atoms with van der Waals surface area (Å²) in [6.45, 7) is 6.50. The molecular formula is C36H34N2O5. The van der Waals surface area contributed by atoms with Gasteiger partial charge in [-0.3, -0.25) is 9.78 Å². The molecule has 0 radical (unpaired) electrons. The lowest BCUT2D eigenvalue weighted by molar-refractivity contribution is -0.142. The summed E-state index contributed by atoms with van der Waals surface area (Å²) >= 11 is 0. The number of hydrogen-bond donors (Lipinski definition) is 1. The van der Waals surface area contributed by atoms with E-state index in [1.165, 1.54) is 12.7 Å². The van der Waals surface area contributed by atoms with Crippen LogP contribution in [0.1, 0.15) is 42.4 Å². The summed E-state index contributed by atoms with van der Waals surface area (Å²) in [6, 6.07) is 31.3. The third-order valence-electron chi connectivity index (χ3n) is 7.01. The predicted molar refractivity (Wildman–Crippen MR) is 167 cm³/mol. The maximum Gasteiger partial charge on any atom is 0.328 e. The fourth-order valence-corrected chi connectivity index (χ4v) is 4.59. The first-order valence-electron chi connectivity index (χ1n) is 14.1. The molecule has 0 saturated carbocycles. The average molecular weight is 575 g/mol. The van der Waals surface area contributed by atoms with Gasteiger partial charge < -0.3 is 19.5 Å². The number of nitrogens with zero attached hydrogens (tertiary/aromatic N) is 1. The molecule has 0 aliphatic carbocycles. The van der Waals surface area contributed by atoms with Gasteiger partial charge in [-0.05, 0) is 82.6 Å². The second-order valence-corrected chi connectivity index (χ2v) is 11.3. The molecule has 7 nitrogen and oxygen atoms in total. The zero-order chi connectivity index (χ0) is 30.4. The van der Waals surface area contributed by atoms with E-state index in [1.54, 1.807) is 12.3 Å². The Morgan fingerprint density at radius 3 is 2.00 bits per heavy atom. The molecule has 1 atom stereocenters. The minimum atomic E-state index is -0.901. The van der Waals surface area contributed by atoms with Crippen LogP contribution in [-0.4, -0.2) is 30.0 Å². The van der Waals surface area contributed by atoms with E-state index in [2.05, 4.69) is 43.2 Å². The van der Waals surface area contributed by atoms with E-state index < -0.39 is 17.9 Å². The predicted octanol–water partition coefficient (Wildman–Crippen LogP) is 7.63. The van der Waals surface area contributed by atoms with E-state index in [1.807, 2.05) is 84.9 Å². The third-order valence-corrected chi connectivity index (χ3v) is 7.01. The summed E-state index contributed by atoms with van der Waals surface area (Å²) in [5.74, 6) is 1.73. The van der Waals surface area contributed by atoms with Gasteiger partial charge in [0.1, 0.15) is 34.7 Å². The van der Waals surface area contributed by atoms with Gasteiger partial charge in [-0.25, -0.2) is 4.79 Å². The van der Waals surface area contributed by atoms with E-state index in [9.17, 15) is 9.59 Å². The minimum Gasteiger partial charge on any atom is -0.467 e. The molecule has 0 aliphatic rings. The fraction of sp³-hybridized carbons (Fsp3) is 0.194. The molecule has 5 rings (SSSR count). The Bertz CT molecular complexity index is 1710. The number of para-hydroxylation sites is 1. The Labute approximate surface area is 251 Å². The smallest absolute Gasteiger partial charge is 0.328 e. The van der Waals surface area contributed by atoms with Crippen molar-refractivity contribution in [3.63, 3.8) is 0 Å². The second kappa shape index (κ2) is 12.8. The van der Waals surface area contributed by atoms with Gasteiger partial charge >= 0.3 is 5.97 Å². The average Bonchev–Trinajstić information content (AvgIpc) is 3.01. The summed E-state index contributed by atoms with van der Waals surface area (Å²) in [5.41, 5.74) is 2.29. The van der Waals surface area contributed by atoms with Gasteiger partial charge in [0.15, 0.2) is 0 Å². The van der Waals surface area contributed by atoms with Crippen molar-refractivity contribution in [3.05, 3.63) is 126 Å². The minimum absolute atomic E-state index is 0.0560. The SMILES string of the molecule is COC(=O)[C@H](Cc1ccc(Oc2ccccc2)cc1)NC(=O)c1cc2cc(Oc3ccc(C(C)(C)C)cc3)ccc2cn1. The number of pyridine rings is 1. The molecular weight excluding hydrogens is 540 g/mol. The van der Waals surface area contributed by atoms with E-state index in [0.29, 0.717) is 11.5 Å². The number of methoxy groups -OCH3 is 1. The number of carbonyl (C=O) groups is 2. The van der Waals surface area contributed by atoms with Crippen LogP contribution in [0.2, 0.25) is 0 Å². The molecule has 7 heteroatoms. The van der Waals surface area contributed by atoms with E-state index >= 15 is 0 Å². The molecule has 0 spiro atoms. The molecule has 43 heavy (non-hydrogen) atoms. The van der Waals surface area contributed by atoms with Crippen LogP contribution in [0.3, 0.4) is 0 Å². The third kappa shape index (κ3) is 7.57. The highest BCUT2D eigenvalue weighted by Crippen LogP contribution is 2.29. The van der Waals surface area contributed by atoms with Gasteiger partial charge in [0.2, 0.25) is 0 Å². The van der Waals surface area contributed by atoms with Crippen molar-refractivity contribution in [2.75, 3.05) is 7.11 Å². The Hall–Kier alpha value is -5.17. The van der Waals surface area contributed by atoms with Crippen molar-refractivity contribution in [1.82, 2.24) is 10.3 Å². The standard InChI is InChI=1S/C36H34N2O5/c1-36(2,3)27-13-18-30(19-14-27)43-31-17-12-25-23-37-32(22-26(25)21-31)34(39)38-33(35(40)41-4)20-24-10-15-29(16-11-24)42-28-8-6-5-7-9-28/h5-19,21-23,33H,20H2,1-4H3,(H,38,39)/t33-/m0/s1. The number of benzene rings is 4. The lowest BCUT2D eigenvalue weighted by atomic mass is 9.87. The van der Waals surface area contributed by atoms with Crippen molar-refractivity contribution in [2.45, 2.75) is 38.6 Å². The van der Waals surface area contributed by atoms with Gasteiger partial charge in [-0.1, -0.05) is 63.2 Å². The zero-order valence-electron chi connectivity index (χ0n) is 24.7. The number of amides is 1. The van der Waals surface area contributed by atoms with Crippen LogP contribution in [0.15, 0.2) is 109 Å². The zero-order valence-corrected chi connectivity index (χ0v) is 24.7. The largest absolute Gasteiger partial charge is 0.467 e. The molecule has 0 bridgehead atoms. The van der Waals surface area contributed by atoms with Crippen LogP contribution in [0.25, 0.3) is 10.8 Å². The molecule has 4 aromatic carbocycles. The molecule has 1 aromatic heterocycles. The normalized spacial score (nSPS) is 11.9. The fourth-order valence-electron chi connectivity index (χ4n) is 4.59. The summed E-state index contributed by atoms with van der Waals surface area (Å²) < 4.78 is 16.9. The monoisotopic (exact) mass is 574 g/mol. The first-order chi connectivity index (χ1) is 20.7. The summed E-state index contributed by atoms with van der Waals surface area (Å²) in [4.78, 5) is 30.2. The maximum atomic E-state index is 13.2. The topological polar surface area (TPSA) is 86.8 Å². The van der Waals surface area contributed by atoms with Crippen LogP contribution in [0.5, 0.6) is 23.0 Å². The number of nitrogens with one attached hydrogen (secondary N) is 1. The highest BCUT2D eigenvalue weighted by molar-refractivity contribution is 5.98. The van der Waals surface area contributed by atoms with Crippen LogP contribution in [0, 0.1) is 0 Å². The highest BCUT2D eigenvalue weighted by atomic mass is 16.5. The van der Waals surface area contributed by atoms with E-state index in [4.69, 9.17) is 14.2 Å². The van der Waals surface area contributed by atoms with Crippen LogP contribution >= 0.6 is 0 Å². The van der Waals surface area contributed by atoms with Gasteiger partial charge in [0, 0.05) is 18.0 Å². The second-order valence-electron chi connectivity index (χ2n) is 11.3. The van der Waals surface area contributed by atoms with Gasteiger partial charge in [0.05, 0.1) is 7.11 Å². The van der Waals surface area contributed by atoms with Gasteiger partial charge in [0.25, 0.3) is 5.91 Å². The number of esters is 1. The van der Waals surface area contributed by atoms with Gasteiger partial charge in [-0.2, -0.15) is 0 Å². The molecule has 1 amide bonds. The van der Waals surface area contributed by atoms with Crippen LogP contribution < -0.4 is 14.8 Å². The Balaban J connectivity index is 1.27. The number of rotatable bonds is 9. The molecule has 1 heterocycles. The number of fused-ring (bicyclic) bond motifs is 1. The number of aromatic nitrogens is 1. The Kier molecular flexibility index (Phi) is 8.71. The van der Waals surface area contributed by atoms with Crippen LogP contribution in [0.4, 0.5) is 0 Å². The molecule has 218 valence electrons. The summed E-state index contributed by atoms with van der Waals surface area (Å²) in [6.07, 6.45) is 1.87. The number of hydrogen-bond acceptors (Lipinski definition) is 6. The van der Waals surface area contributed by atoms with E-state index in [-0.39, 0.29) is 17.5 Å². The van der Waals surface area contributed by atoms with Crippen molar-refractivity contribution in [3.8, 4) is 23.0 Å². The first kappa shape index (κ1) is 29.3. The highest BCUT2D eigenvalue weighted by Gasteiger charge is 2.23. The van der Waals surface area contributed by atoms with Crippen molar-refractivity contribution >= 4 is 22.6 Å². The number of carbonyl (C=O) groups excluding carboxylic acids is 2. The van der Waals surface area contributed by atoms with Crippen molar-refractivity contribution < 1.29 is 23.8 Å². The van der Waals surface area contributed by atoms with E-state index in [0.717, 1.165) is 27.8 Å². The molecule has 1 N–H and O–H groups in total. The molecule has 0 aliphatic heterocycles. The molecule has 0 fully saturated rings. The Morgan fingerprint density at radius 2 is 1.35 bits per heavy atom. The summed E-state index contributed by atoms with van der Waals surface area (Å²) in [5, 5.41) is 4.43. The van der Waals surface area contributed by atoms with Crippen molar-refractivity contribution in [1.29, 1.82) is 0 Å². The van der Waals surface area contributed by atoms with Crippen LogP contribution in [-0.2, 0) is 21.4 Å². The first-order valence-corrected chi connectivity index (χ1v) is 14.1. The number of ether oxygens (including phenoxy) is 3. The lowest BCUT2D eigenvalue weighted by Gasteiger charge is -2.19. The van der Waals surface area contributed by atoms with Gasteiger partial charge in [-0.15, -0.1) is 0 Å². The molecule has 5 aromatic rings. The Morgan fingerprint density at radius 1 is 0.744 bits per heavy atom. The maximum absolute atomic E-state index is 13.2. The lowest BCUT2D eigenvalue weighted by Crippen LogP contribution is -2.43. The quantitative estimate of drug-likeness (QED) is 0.182. The molecule has 0 saturated heterocycles. The van der Waals surface area contributed by atoms with Crippen molar-refractivity contribution in [2.24, 2.45) is 0 Å². The summed E-state index contributed by atoms with van der Waals surface area (Å²) in [7, 11) is 1.30.